The van der Waals surface area contributed by atoms with Crippen LogP contribution in [0.4, 0.5) is 13.2 Å². The second kappa shape index (κ2) is 7.59. The molecule has 2 aromatic heterocycles. The minimum Gasteiger partial charge on any atom is -0.493 e. The SMILES string of the molecule is COc1cn(-c2cccc(C(F)(F)F)c2)nc1C(=O)NCc1n[nH]c(=S)n1C1CC1. The van der Waals surface area contributed by atoms with Crippen molar-refractivity contribution in [2.75, 3.05) is 7.11 Å². The first-order valence-electron chi connectivity index (χ1n) is 9.03. The van der Waals surface area contributed by atoms with Gasteiger partial charge in [-0.05, 0) is 43.3 Å². The van der Waals surface area contributed by atoms with Crippen LogP contribution in [-0.4, -0.2) is 37.6 Å². The Labute approximate surface area is 173 Å². The van der Waals surface area contributed by atoms with Gasteiger partial charge in [-0.1, -0.05) is 6.07 Å². The molecular weight excluding hydrogens is 421 g/mol. The molecule has 0 radical (unpaired) electrons. The molecule has 0 saturated heterocycles. The fourth-order valence-electron chi connectivity index (χ4n) is 3.04. The number of benzene rings is 1. The second-order valence-corrected chi connectivity index (χ2v) is 7.15. The summed E-state index contributed by atoms with van der Waals surface area (Å²) in [5, 5.41) is 13.7. The lowest BCUT2D eigenvalue weighted by Gasteiger charge is -2.08. The van der Waals surface area contributed by atoms with Crippen molar-refractivity contribution >= 4 is 18.1 Å². The fraction of sp³-hybridized carbons (Fsp3) is 0.333. The van der Waals surface area contributed by atoms with E-state index in [9.17, 15) is 18.0 Å². The smallest absolute Gasteiger partial charge is 0.416 e. The first-order valence-corrected chi connectivity index (χ1v) is 9.44. The third-order valence-electron chi connectivity index (χ3n) is 4.65. The van der Waals surface area contributed by atoms with Gasteiger partial charge in [0.05, 0.1) is 31.1 Å². The van der Waals surface area contributed by atoms with Gasteiger partial charge < -0.3 is 10.1 Å². The van der Waals surface area contributed by atoms with Crippen LogP contribution in [0.5, 0.6) is 5.75 Å². The second-order valence-electron chi connectivity index (χ2n) is 6.77. The van der Waals surface area contributed by atoms with E-state index in [2.05, 4.69) is 20.6 Å². The number of halogens is 3. The third kappa shape index (κ3) is 3.95. The van der Waals surface area contributed by atoms with Crippen molar-refractivity contribution in [2.45, 2.75) is 31.6 Å². The summed E-state index contributed by atoms with van der Waals surface area (Å²) < 4.78 is 47.7. The number of hydrogen-bond donors (Lipinski definition) is 2. The van der Waals surface area contributed by atoms with E-state index in [0.29, 0.717) is 10.6 Å². The lowest BCUT2D eigenvalue weighted by Crippen LogP contribution is -2.25. The topological polar surface area (TPSA) is 89.8 Å². The first kappa shape index (κ1) is 20.1. The van der Waals surface area contributed by atoms with Gasteiger partial charge in [0.2, 0.25) is 0 Å². The molecule has 0 atom stereocenters. The Hall–Kier alpha value is -3.15. The average molecular weight is 438 g/mol. The predicted octanol–water partition coefficient (Wildman–Crippen LogP) is 3.42. The molecule has 1 saturated carbocycles. The summed E-state index contributed by atoms with van der Waals surface area (Å²) in [6.45, 7) is 0.113. The van der Waals surface area contributed by atoms with Gasteiger partial charge in [0.1, 0.15) is 0 Å². The van der Waals surface area contributed by atoms with Crippen LogP contribution in [0, 0.1) is 4.77 Å². The molecule has 0 bridgehead atoms. The number of methoxy groups -OCH3 is 1. The van der Waals surface area contributed by atoms with Gasteiger partial charge in [-0.15, -0.1) is 0 Å². The van der Waals surface area contributed by atoms with E-state index in [4.69, 9.17) is 17.0 Å². The first-order chi connectivity index (χ1) is 14.3. The van der Waals surface area contributed by atoms with Crippen LogP contribution in [0.3, 0.4) is 0 Å². The third-order valence-corrected chi connectivity index (χ3v) is 4.94. The highest BCUT2D eigenvalue weighted by molar-refractivity contribution is 7.71. The number of carbonyl (C=O) groups is 1. The number of rotatable bonds is 6. The maximum Gasteiger partial charge on any atom is 0.416 e. The van der Waals surface area contributed by atoms with E-state index in [0.717, 1.165) is 25.0 Å². The molecule has 12 heteroatoms. The van der Waals surface area contributed by atoms with Crippen LogP contribution in [-0.2, 0) is 12.7 Å². The standard InChI is InChI=1S/C18H17F3N6O2S/c1-29-13-9-26(12-4-2-3-10(7-12)18(19,20)21)25-15(13)16(28)22-8-14-23-24-17(30)27(14)11-5-6-11/h2-4,7,9,11H,5-6,8H2,1H3,(H,22,28)(H,24,30). The molecule has 4 rings (SSSR count). The molecule has 1 aliphatic carbocycles. The summed E-state index contributed by atoms with van der Waals surface area (Å²) in [6, 6.07) is 4.92. The molecule has 1 amide bonds. The van der Waals surface area contributed by atoms with Crippen LogP contribution >= 0.6 is 12.2 Å². The lowest BCUT2D eigenvalue weighted by molar-refractivity contribution is -0.137. The van der Waals surface area contributed by atoms with Crippen molar-refractivity contribution < 1.29 is 22.7 Å². The maximum atomic E-state index is 13.0. The van der Waals surface area contributed by atoms with E-state index in [1.807, 2.05) is 4.57 Å². The van der Waals surface area contributed by atoms with Crippen LogP contribution in [0.15, 0.2) is 30.5 Å². The van der Waals surface area contributed by atoms with Crippen molar-refractivity contribution in [3.8, 4) is 11.4 Å². The molecule has 158 valence electrons. The lowest BCUT2D eigenvalue weighted by atomic mass is 10.2. The Kier molecular flexibility index (Phi) is 5.10. The Morgan fingerprint density at radius 3 is 2.83 bits per heavy atom. The molecule has 0 unspecified atom stereocenters. The van der Waals surface area contributed by atoms with Gasteiger partial charge in [-0.2, -0.15) is 23.4 Å². The number of aromatic amines is 1. The number of alkyl halides is 3. The van der Waals surface area contributed by atoms with Crippen molar-refractivity contribution in [3.63, 3.8) is 0 Å². The van der Waals surface area contributed by atoms with E-state index < -0.39 is 17.6 Å². The number of amides is 1. The predicted molar refractivity (Wildman–Crippen MR) is 102 cm³/mol. The highest BCUT2D eigenvalue weighted by atomic mass is 32.1. The molecule has 1 aliphatic rings. The number of ether oxygens (including phenoxy) is 1. The van der Waals surface area contributed by atoms with E-state index >= 15 is 0 Å². The number of carbonyl (C=O) groups excluding carboxylic acids is 1. The maximum absolute atomic E-state index is 13.0. The fourth-order valence-corrected chi connectivity index (χ4v) is 3.34. The Balaban J connectivity index is 1.56. The van der Waals surface area contributed by atoms with Crippen LogP contribution in [0.2, 0.25) is 0 Å². The largest absolute Gasteiger partial charge is 0.493 e. The zero-order chi connectivity index (χ0) is 21.5. The van der Waals surface area contributed by atoms with Crippen molar-refractivity contribution in [3.05, 3.63) is 52.3 Å². The molecule has 0 aliphatic heterocycles. The molecule has 30 heavy (non-hydrogen) atoms. The number of hydrogen-bond acceptors (Lipinski definition) is 5. The number of aromatic nitrogens is 5. The number of nitrogens with one attached hydrogen (secondary N) is 2. The average Bonchev–Trinajstić information content (AvgIpc) is 3.34. The van der Waals surface area contributed by atoms with Crippen LogP contribution < -0.4 is 10.1 Å². The zero-order valence-corrected chi connectivity index (χ0v) is 16.5. The van der Waals surface area contributed by atoms with Crippen molar-refractivity contribution in [2.24, 2.45) is 0 Å². The van der Waals surface area contributed by atoms with Gasteiger partial charge >= 0.3 is 6.18 Å². The zero-order valence-electron chi connectivity index (χ0n) is 15.7. The molecule has 1 aromatic carbocycles. The Morgan fingerprint density at radius 1 is 1.40 bits per heavy atom. The van der Waals surface area contributed by atoms with E-state index in [-0.39, 0.29) is 29.7 Å². The summed E-state index contributed by atoms with van der Waals surface area (Å²) in [5.74, 6) is 0.173. The highest BCUT2D eigenvalue weighted by Crippen LogP contribution is 2.35. The summed E-state index contributed by atoms with van der Waals surface area (Å²) in [5.41, 5.74) is -0.720. The van der Waals surface area contributed by atoms with Crippen LogP contribution in [0.25, 0.3) is 5.69 Å². The minimum atomic E-state index is -4.49. The monoisotopic (exact) mass is 438 g/mol. The van der Waals surface area contributed by atoms with Crippen LogP contribution in [0.1, 0.15) is 40.8 Å². The number of nitrogens with zero attached hydrogens (tertiary/aromatic N) is 4. The molecule has 8 nitrogen and oxygen atoms in total. The molecule has 3 aromatic rings. The quantitative estimate of drug-likeness (QED) is 0.576. The van der Waals surface area contributed by atoms with Crippen molar-refractivity contribution in [1.29, 1.82) is 0 Å². The molecule has 2 N–H and O–H groups in total. The van der Waals surface area contributed by atoms with Gasteiger partial charge in [-0.25, -0.2) is 4.68 Å². The highest BCUT2D eigenvalue weighted by Gasteiger charge is 2.31. The normalized spacial score (nSPS) is 14.0. The summed E-state index contributed by atoms with van der Waals surface area (Å²) in [4.78, 5) is 12.7. The van der Waals surface area contributed by atoms with Gasteiger partial charge in [0.15, 0.2) is 22.0 Å². The minimum absolute atomic E-state index is 0.0537. The Morgan fingerprint density at radius 2 is 2.17 bits per heavy atom. The van der Waals surface area contributed by atoms with E-state index in [1.54, 1.807) is 0 Å². The van der Waals surface area contributed by atoms with Gasteiger partial charge in [0, 0.05) is 6.04 Å². The molecule has 0 spiro atoms. The summed E-state index contributed by atoms with van der Waals surface area (Å²) in [7, 11) is 1.35. The Bertz CT molecular complexity index is 1150. The number of H-pyrrole nitrogens is 1. The summed E-state index contributed by atoms with van der Waals surface area (Å²) >= 11 is 5.21. The summed E-state index contributed by atoms with van der Waals surface area (Å²) in [6.07, 6.45) is -1.13. The molecule has 1 fully saturated rings. The van der Waals surface area contributed by atoms with Gasteiger partial charge in [0.25, 0.3) is 5.91 Å². The van der Waals surface area contributed by atoms with Crippen molar-refractivity contribution in [1.82, 2.24) is 29.9 Å². The van der Waals surface area contributed by atoms with E-state index in [1.165, 1.54) is 30.1 Å². The van der Waals surface area contributed by atoms with Gasteiger partial charge in [-0.3, -0.25) is 14.5 Å². The molecular formula is C18H17F3N6O2S. The molecule has 2 heterocycles.